The molecule has 1 heterocycles. The highest BCUT2D eigenvalue weighted by atomic mass is 79.9. The molecule has 0 saturated heterocycles. The summed E-state index contributed by atoms with van der Waals surface area (Å²) in [5.74, 6) is -1.93. The molecule has 1 unspecified atom stereocenters. The van der Waals surface area contributed by atoms with Crippen molar-refractivity contribution in [2.45, 2.75) is 5.38 Å². The summed E-state index contributed by atoms with van der Waals surface area (Å²) in [7, 11) is 0. The van der Waals surface area contributed by atoms with Crippen molar-refractivity contribution in [3.05, 3.63) is 55.1 Å². The van der Waals surface area contributed by atoms with Crippen LogP contribution in [0, 0.1) is 11.6 Å². The maximum absolute atomic E-state index is 13.1. The van der Waals surface area contributed by atoms with Gasteiger partial charge in [0.05, 0.1) is 9.16 Å². The van der Waals surface area contributed by atoms with Crippen molar-refractivity contribution in [2.75, 3.05) is 0 Å². The highest BCUT2D eigenvalue weighted by molar-refractivity contribution is 9.11. The van der Waals surface area contributed by atoms with Crippen LogP contribution < -0.4 is 0 Å². The van der Waals surface area contributed by atoms with E-state index in [9.17, 15) is 8.78 Å². The molecule has 0 N–H and O–H groups in total. The number of alkyl halides is 1. The van der Waals surface area contributed by atoms with Crippen LogP contribution in [-0.4, -0.2) is 0 Å². The minimum absolute atomic E-state index is 0.117. The van der Waals surface area contributed by atoms with Crippen LogP contribution >= 0.6 is 50.5 Å². The molecule has 0 radical (unpaired) electrons. The van der Waals surface area contributed by atoms with Gasteiger partial charge in [0.25, 0.3) is 0 Å². The normalized spacial score (nSPS) is 12.8. The molecule has 0 aliphatic rings. The Kier molecular flexibility index (Phi) is 4.08. The zero-order valence-corrected chi connectivity index (χ0v) is 12.1. The van der Waals surface area contributed by atoms with E-state index in [0.717, 1.165) is 21.5 Å². The van der Waals surface area contributed by atoms with Gasteiger partial charge >= 0.3 is 0 Å². The number of hydrogen-bond acceptors (Lipinski definition) is 1. The first-order chi connectivity index (χ1) is 7.99. The highest BCUT2D eigenvalue weighted by Crippen LogP contribution is 2.37. The molecular weight excluding hydrogens is 353 g/mol. The van der Waals surface area contributed by atoms with Gasteiger partial charge in [-0.25, -0.2) is 8.78 Å². The van der Waals surface area contributed by atoms with E-state index in [2.05, 4.69) is 15.9 Å². The smallest absolute Gasteiger partial charge is 0.160 e. The van der Waals surface area contributed by atoms with Gasteiger partial charge < -0.3 is 0 Å². The fraction of sp³-hybridized carbons (Fsp3) is 0.0909. The van der Waals surface area contributed by atoms with Gasteiger partial charge in [0, 0.05) is 5.02 Å². The van der Waals surface area contributed by atoms with Crippen molar-refractivity contribution in [3.63, 3.8) is 0 Å². The summed E-state index contributed by atoms with van der Waals surface area (Å²) in [6, 6.07) is 3.78. The first-order valence-corrected chi connectivity index (χ1v) is 7.00. The lowest BCUT2D eigenvalue weighted by Gasteiger charge is -2.10. The Morgan fingerprint density at radius 2 is 1.82 bits per heavy atom. The van der Waals surface area contributed by atoms with E-state index >= 15 is 0 Å². The van der Waals surface area contributed by atoms with Crippen LogP contribution in [0.25, 0.3) is 0 Å². The molecular formula is C11H5BrCl2F2S. The highest BCUT2D eigenvalue weighted by Gasteiger charge is 2.18. The van der Waals surface area contributed by atoms with Crippen molar-refractivity contribution in [2.24, 2.45) is 0 Å². The Balaban J connectivity index is 2.43. The van der Waals surface area contributed by atoms with Crippen molar-refractivity contribution in [3.8, 4) is 0 Å². The number of rotatable bonds is 2. The minimum Gasteiger partial charge on any atom is -0.204 e. The maximum Gasteiger partial charge on any atom is 0.160 e. The first kappa shape index (κ1) is 13.3. The van der Waals surface area contributed by atoms with Crippen LogP contribution in [0.2, 0.25) is 5.02 Å². The third kappa shape index (κ3) is 2.81. The molecule has 1 atom stereocenters. The van der Waals surface area contributed by atoms with Crippen LogP contribution in [0.5, 0.6) is 0 Å². The quantitative estimate of drug-likeness (QED) is 0.472. The molecule has 1 aromatic carbocycles. The van der Waals surface area contributed by atoms with E-state index in [-0.39, 0.29) is 5.02 Å². The van der Waals surface area contributed by atoms with Crippen LogP contribution in [0.1, 0.15) is 16.5 Å². The fourth-order valence-electron chi connectivity index (χ4n) is 1.37. The molecule has 6 heteroatoms. The summed E-state index contributed by atoms with van der Waals surface area (Å²) in [4.78, 5) is 0. The molecule has 0 saturated carbocycles. The van der Waals surface area contributed by atoms with Crippen molar-refractivity contribution < 1.29 is 8.78 Å². The Morgan fingerprint density at radius 3 is 2.41 bits per heavy atom. The van der Waals surface area contributed by atoms with Gasteiger partial charge in [0.1, 0.15) is 0 Å². The maximum atomic E-state index is 13.1. The van der Waals surface area contributed by atoms with Crippen LogP contribution in [0.3, 0.4) is 0 Å². The summed E-state index contributed by atoms with van der Waals surface area (Å²) >= 11 is 16.8. The monoisotopic (exact) mass is 356 g/mol. The van der Waals surface area contributed by atoms with E-state index in [1.807, 2.05) is 11.4 Å². The number of thiophene rings is 1. The lowest BCUT2D eigenvalue weighted by molar-refractivity contribution is 0.507. The summed E-state index contributed by atoms with van der Waals surface area (Å²) in [5, 5.41) is 1.35. The minimum atomic E-state index is -0.978. The fourth-order valence-corrected chi connectivity index (χ4v) is 3.27. The van der Waals surface area contributed by atoms with Gasteiger partial charge in [-0.15, -0.1) is 22.9 Å². The molecule has 0 aliphatic carbocycles. The second-order valence-corrected chi connectivity index (χ2v) is 6.47. The molecule has 0 bridgehead atoms. The zero-order chi connectivity index (χ0) is 12.6. The van der Waals surface area contributed by atoms with Crippen molar-refractivity contribution >= 4 is 50.5 Å². The molecule has 0 aliphatic heterocycles. The van der Waals surface area contributed by atoms with E-state index < -0.39 is 17.0 Å². The second-order valence-electron chi connectivity index (χ2n) is 3.33. The van der Waals surface area contributed by atoms with Gasteiger partial charge in [-0.3, -0.25) is 0 Å². The predicted molar refractivity (Wildman–Crippen MR) is 71.1 cm³/mol. The number of hydrogen-bond donors (Lipinski definition) is 0. The molecule has 1 aromatic heterocycles. The average Bonchev–Trinajstić information content (AvgIpc) is 2.69. The lowest BCUT2D eigenvalue weighted by atomic mass is 10.1. The van der Waals surface area contributed by atoms with E-state index in [1.54, 1.807) is 0 Å². The average molecular weight is 358 g/mol. The summed E-state index contributed by atoms with van der Waals surface area (Å²) in [6.07, 6.45) is 0. The van der Waals surface area contributed by atoms with Crippen molar-refractivity contribution in [1.29, 1.82) is 0 Å². The third-order valence-electron chi connectivity index (χ3n) is 2.19. The van der Waals surface area contributed by atoms with E-state index in [1.165, 1.54) is 11.3 Å². The molecule has 2 rings (SSSR count). The largest absolute Gasteiger partial charge is 0.204 e. The summed E-state index contributed by atoms with van der Waals surface area (Å²) in [5.41, 5.74) is 1.15. The molecule has 17 heavy (non-hydrogen) atoms. The number of halogens is 5. The summed E-state index contributed by atoms with van der Waals surface area (Å²) < 4.78 is 27.0. The lowest BCUT2D eigenvalue weighted by Crippen LogP contribution is -1.96. The number of benzene rings is 1. The molecule has 90 valence electrons. The molecule has 0 spiro atoms. The standard InChI is InChI=1S/C11H5BrCl2F2S/c12-10-1-5(4-17-10)11(14)6-2-8(15)9(16)3-7(6)13/h1-4,11H. The Bertz CT molecular complexity index is 556. The molecule has 0 amide bonds. The molecule has 0 fully saturated rings. The van der Waals surface area contributed by atoms with Gasteiger partial charge in [-0.2, -0.15) is 0 Å². The SMILES string of the molecule is Fc1cc(Cl)c(C(Cl)c2csc(Br)c2)cc1F. The van der Waals surface area contributed by atoms with Gasteiger partial charge in [-0.1, -0.05) is 11.6 Å². The van der Waals surface area contributed by atoms with E-state index in [4.69, 9.17) is 23.2 Å². The van der Waals surface area contributed by atoms with Gasteiger partial charge in [-0.05, 0) is 50.6 Å². The molecule has 2 aromatic rings. The summed E-state index contributed by atoms with van der Waals surface area (Å²) in [6.45, 7) is 0. The Labute approximate surface area is 119 Å². The first-order valence-electron chi connectivity index (χ1n) is 4.51. The van der Waals surface area contributed by atoms with Crippen molar-refractivity contribution in [1.82, 2.24) is 0 Å². The third-order valence-corrected chi connectivity index (χ3v) is 4.53. The van der Waals surface area contributed by atoms with E-state index in [0.29, 0.717) is 5.56 Å². The van der Waals surface area contributed by atoms with Crippen LogP contribution in [0.15, 0.2) is 27.4 Å². The van der Waals surface area contributed by atoms with Crippen LogP contribution in [0.4, 0.5) is 8.78 Å². The Morgan fingerprint density at radius 1 is 1.18 bits per heavy atom. The zero-order valence-electron chi connectivity index (χ0n) is 8.18. The topological polar surface area (TPSA) is 0 Å². The molecule has 0 nitrogen and oxygen atoms in total. The van der Waals surface area contributed by atoms with Gasteiger partial charge in [0.15, 0.2) is 11.6 Å². The Hall–Kier alpha value is -0.160. The van der Waals surface area contributed by atoms with Gasteiger partial charge in [0.2, 0.25) is 0 Å². The predicted octanol–water partition coefficient (Wildman–Crippen LogP) is 5.77. The van der Waals surface area contributed by atoms with Crippen LogP contribution in [-0.2, 0) is 0 Å². The second kappa shape index (κ2) is 5.22.